The first-order chi connectivity index (χ1) is 46.2. The molecule has 19 heteroatoms. The molecule has 17 nitrogen and oxygen atoms in total. The van der Waals surface area contributed by atoms with Gasteiger partial charge in [0.25, 0.3) is 0 Å². The molecular weight excluding hydrogens is 1260 g/mol. The fourth-order valence-corrected chi connectivity index (χ4v) is 12.8. The molecular formula is C77H146O17P2. The van der Waals surface area contributed by atoms with E-state index in [1.54, 1.807) is 0 Å². The van der Waals surface area contributed by atoms with Gasteiger partial charge in [0.1, 0.15) is 19.3 Å². The zero-order valence-corrected chi connectivity index (χ0v) is 64.1. The van der Waals surface area contributed by atoms with E-state index in [-0.39, 0.29) is 25.7 Å². The smallest absolute Gasteiger partial charge is 0.462 e. The van der Waals surface area contributed by atoms with Gasteiger partial charge in [0.15, 0.2) is 12.2 Å². The molecule has 0 heterocycles. The van der Waals surface area contributed by atoms with Gasteiger partial charge in [-0.05, 0) is 69.1 Å². The molecule has 3 unspecified atom stereocenters. The maximum Gasteiger partial charge on any atom is 0.472 e. The summed E-state index contributed by atoms with van der Waals surface area (Å²) in [5.74, 6) is 0.112. The van der Waals surface area contributed by atoms with Crippen LogP contribution in [0.3, 0.4) is 0 Å². The van der Waals surface area contributed by atoms with Crippen LogP contribution < -0.4 is 0 Å². The molecule has 0 amide bonds. The Morgan fingerprint density at radius 3 is 0.844 bits per heavy atom. The Morgan fingerprint density at radius 2 is 0.562 bits per heavy atom. The summed E-state index contributed by atoms with van der Waals surface area (Å²) >= 11 is 0. The number of hydrogen-bond donors (Lipinski definition) is 3. The highest BCUT2D eigenvalue weighted by molar-refractivity contribution is 7.47. The first-order valence-electron chi connectivity index (χ1n) is 39.2. The minimum atomic E-state index is -4.97. The number of unbranched alkanes of at least 4 members (excludes halogenated alkanes) is 38. The third-order valence-corrected chi connectivity index (χ3v) is 19.2. The number of rotatable bonds is 73. The third-order valence-electron chi connectivity index (χ3n) is 17.3. The molecule has 0 aliphatic heterocycles. The number of aliphatic hydroxyl groups excluding tert-OH is 1. The van der Waals surface area contributed by atoms with Crippen LogP contribution in [0, 0.1) is 17.8 Å². The summed E-state index contributed by atoms with van der Waals surface area (Å²) in [6.45, 7) is 11.8. The molecule has 3 N–H and O–H groups in total. The standard InChI is InChI=1S/C77H146O17P2/c1-8-9-10-11-12-13-14-15-17-21-24-31-38-46-53-60-76(81)93-72(64-87-74(79)58-51-44-37-30-27-26-29-35-42-49-56-69(4)5)66-91-95(83,84)89-62-71(78)63-90-96(85,86)92-67-73(65-88-75(80)59-52-45-40-33-36-43-50-57-70(6)7)94-77(82)61-54-47-39-32-25-22-19-16-18-20-23-28-34-41-48-55-68(2)3/h13-15,17,68-73,78H,8-12,16,18-67H2,1-7H3,(H,83,84)(H,85,86)/b14-13-,17-15-/t71?,72-,73-/m1/s1. The van der Waals surface area contributed by atoms with Gasteiger partial charge >= 0.3 is 39.5 Å². The van der Waals surface area contributed by atoms with Crippen LogP contribution in [0.25, 0.3) is 0 Å². The molecule has 0 aromatic carbocycles. The van der Waals surface area contributed by atoms with Crippen LogP contribution >= 0.6 is 15.6 Å². The Labute approximate surface area is 586 Å². The summed E-state index contributed by atoms with van der Waals surface area (Å²) in [7, 11) is -9.93. The summed E-state index contributed by atoms with van der Waals surface area (Å²) in [5, 5.41) is 10.6. The quantitative estimate of drug-likeness (QED) is 0.0169. The molecule has 0 spiro atoms. The third kappa shape index (κ3) is 70.0. The highest BCUT2D eigenvalue weighted by Gasteiger charge is 2.30. The Balaban J connectivity index is 5.27. The summed E-state index contributed by atoms with van der Waals surface area (Å²) in [6.07, 6.45) is 56.4. The number of allylic oxidation sites excluding steroid dienone is 4. The molecule has 0 aliphatic rings. The molecule has 0 radical (unpaired) electrons. The van der Waals surface area contributed by atoms with Gasteiger partial charge in [0, 0.05) is 25.7 Å². The molecule has 0 bridgehead atoms. The van der Waals surface area contributed by atoms with Gasteiger partial charge in [0.05, 0.1) is 26.4 Å². The van der Waals surface area contributed by atoms with Crippen molar-refractivity contribution in [1.29, 1.82) is 0 Å². The minimum Gasteiger partial charge on any atom is -0.462 e. The van der Waals surface area contributed by atoms with Crippen LogP contribution in [0.4, 0.5) is 0 Å². The second kappa shape index (κ2) is 67.1. The zero-order valence-electron chi connectivity index (χ0n) is 62.3. The number of carbonyl (C=O) groups excluding carboxylic acids is 4. The van der Waals surface area contributed by atoms with Crippen LogP contribution in [-0.4, -0.2) is 96.7 Å². The van der Waals surface area contributed by atoms with Crippen LogP contribution in [0.1, 0.15) is 370 Å². The van der Waals surface area contributed by atoms with Crippen molar-refractivity contribution in [3.8, 4) is 0 Å². The second-order valence-electron chi connectivity index (χ2n) is 28.5. The van der Waals surface area contributed by atoms with Gasteiger partial charge in [-0.1, -0.05) is 317 Å². The maximum absolute atomic E-state index is 13.1. The van der Waals surface area contributed by atoms with E-state index in [0.717, 1.165) is 121 Å². The fraction of sp³-hybridized carbons (Fsp3) is 0.896. The van der Waals surface area contributed by atoms with Crippen molar-refractivity contribution in [3.05, 3.63) is 24.3 Å². The van der Waals surface area contributed by atoms with Gasteiger partial charge in [-0.3, -0.25) is 37.3 Å². The van der Waals surface area contributed by atoms with Crippen molar-refractivity contribution < 1.29 is 80.2 Å². The number of phosphoric ester groups is 2. The second-order valence-corrected chi connectivity index (χ2v) is 31.4. The monoisotopic (exact) mass is 1410 g/mol. The van der Waals surface area contributed by atoms with Gasteiger partial charge in [-0.15, -0.1) is 0 Å². The van der Waals surface area contributed by atoms with Crippen LogP contribution in [0.5, 0.6) is 0 Å². The van der Waals surface area contributed by atoms with Gasteiger partial charge in [0.2, 0.25) is 0 Å². The summed E-state index contributed by atoms with van der Waals surface area (Å²) in [5.41, 5.74) is 0. The van der Waals surface area contributed by atoms with Crippen LogP contribution in [0.15, 0.2) is 24.3 Å². The van der Waals surface area contributed by atoms with Crippen molar-refractivity contribution in [2.75, 3.05) is 39.6 Å². The number of carbonyl (C=O) groups is 4. The molecule has 566 valence electrons. The van der Waals surface area contributed by atoms with E-state index >= 15 is 0 Å². The molecule has 0 aromatic heterocycles. The lowest BCUT2D eigenvalue weighted by Crippen LogP contribution is -2.30. The van der Waals surface area contributed by atoms with Crippen molar-refractivity contribution in [2.24, 2.45) is 17.8 Å². The highest BCUT2D eigenvalue weighted by atomic mass is 31.2. The average molecular weight is 1410 g/mol. The van der Waals surface area contributed by atoms with Gasteiger partial charge in [-0.2, -0.15) is 0 Å². The molecule has 0 saturated heterocycles. The molecule has 0 aliphatic carbocycles. The predicted octanol–water partition coefficient (Wildman–Crippen LogP) is 22.1. The average Bonchev–Trinajstić information content (AvgIpc) is 1.22. The van der Waals surface area contributed by atoms with Crippen molar-refractivity contribution in [1.82, 2.24) is 0 Å². The maximum atomic E-state index is 13.1. The van der Waals surface area contributed by atoms with E-state index in [2.05, 4.69) is 72.8 Å². The molecule has 5 atom stereocenters. The zero-order chi connectivity index (χ0) is 70.9. The summed E-state index contributed by atoms with van der Waals surface area (Å²) in [4.78, 5) is 72.8. The van der Waals surface area contributed by atoms with E-state index in [9.17, 15) is 43.2 Å². The Kier molecular flexibility index (Phi) is 65.3. The molecule has 96 heavy (non-hydrogen) atoms. The minimum absolute atomic E-state index is 0.0845. The predicted molar refractivity (Wildman–Crippen MR) is 390 cm³/mol. The number of aliphatic hydroxyl groups is 1. The topological polar surface area (TPSA) is 237 Å². The number of esters is 4. The van der Waals surface area contributed by atoms with Crippen LogP contribution in [-0.2, 0) is 65.4 Å². The molecule has 0 fully saturated rings. The first-order valence-corrected chi connectivity index (χ1v) is 42.2. The van der Waals surface area contributed by atoms with Crippen LogP contribution in [0.2, 0.25) is 0 Å². The van der Waals surface area contributed by atoms with E-state index < -0.39 is 97.5 Å². The largest absolute Gasteiger partial charge is 0.472 e. The van der Waals surface area contributed by atoms with Crippen molar-refractivity contribution in [2.45, 2.75) is 388 Å². The molecule has 0 aromatic rings. The summed E-state index contributed by atoms with van der Waals surface area (Å²) in [6, 6.07) is 0. The number of hydrogen-bond acceptors (Lipinski definition) is 15. The van der Waals surface area contributed by atoms with E-state index in [1.165, 1.54) is 161 Å². The molecule has 0 rings (SSSR count). The van der Waals surface area contributed by atoms with E-state index in [4.69, 9.17) is 37.0 Å². The number of ether oxygens (including phenoxy) is 4. The number of phosphoric acid groups is 2. The molecule has 0 saturated carbocycles. The lowest BCUT2D eigenvalue weighted by Gasteiger charge is -2.21. The first kappa shape index (κ1) is 93.5. The fourth-order valence-electron chi connectivity index (χ4n) is 11.2. The van der Waals surface area contributed by atoms with E-state index in [0.29, 0.717) is 31.6 Å². The highest BCUT2D eigenvalue weighted by Crippen LogP contribution is 2.45. The van der Waals surface area contributed by atoms with Gasteiger partial charge < -0.3 is 33.8 Å². The van der Waals surface area contributed by atoms with Gasteiger partial charge in [-0.25, -0.2) is 9.13 Å². The normalized spacial score (nSPS) is 14.2. The SMILES string of the molecule is CCCCCC/C=C\C=C/CCCCCCCC(=O)O[C@H](COC(=O)CCCCCCCCCCCCC(C)C)COP(=O)(O)OCC(O)COP(=O)(O)OC[C@@H](COC(=O)CCCCCCCCCC(C)C)OC(=O)CCCCCCCCCCCCCCCCCC(C)C. The Morgan fingerprint density at radius 1 is 0.323 bits per heavy atom. The lowest BCUT2D eigenvalue weighted by molar-refractivity contribution is -0.161. The Bertz CT molecular complexity index is 1960. The summed E-state index contributed by atoms with van der Waals surface area (Å²) < 4.78 is 68.5. The van der Waals surface area contributed by atoms with Crippen molar-refractivity contribution >= 4 is 39.5 Å². The lowest BCUT2D eigenvalue weighted by atomic mass is 10.0. The van der Waals surface area contributed by atoms with Crippen molar-refractivity contribution in [3.63, 3.8) is 0 Å². The Hall–Kier alpha value is -2.46. The van der Waals surface area contributed by atoms with E-state index in [1.807, 2.05) is 0 Å².